The van der Waals surface area contributed by atoms with Gasteiger partial charge in [-0.25, -0.2) is 4.98 Å². The van der Waals surface area contributed by atoms with E-state index < -0.39 is 0 Å². The lowest BCUT2D eigenvalue weighted by atomic mass is 9.88. The molecule has 0 saturated carbocycles. The predicted octanol–water partition coefficient (Wildman–Crippen LogP) is 3.73. The number of H-pyrrole nitrogens is 1. The second-order valence-corrected chi connectivity index (χ2v) is 11.1. The Hall–Kier alpha value is -2.81. The van der Waals surface area contributed by atoms with Crippen LogP contribution in [0.5, 0.6) is 0 Å². The third-order valence-electron chi connectivity index (χ3n) is 7.58. The lowest BCUT2D eigenvalue weighted by molar-refractivity contribution is -0.127. The molecule has 0 bridgehead atoms. The highest BCUT2D eigenvalue weighted by atomic mass is 16.5. The zero-order chi connectivity index (χ0) is 25.7. The van der Waals surface area contributed by atoms with Gasteiger partial charge in [0.15, 0.2) is 0 Å². The van der Waals surface area contributed by atoms with Crippen molar-refractivity contribution in [2.75, 3.05) is 45.9 Å². The molecule has 0 aliphatic carbocycles. The van der Waals surface area contributed by atoms with Gasteiger partial charge in [0, 0.05) is 75.6 Å². The fourth-order valence-corrected chi connectivity index (χ4v) is 5.70. The second-order valence-electron chi connectivity index (χ2n) is 11.1. The number of aromatic nitrogens is 2. The number of nitrogens with one attached hydrogen (secondary N) is 1. The molecule has 3 aliphatic heterocycles. The van der Waals surface area contributed by atoms with Crippen molar-refractivity contribution in [1.29, 1.82) is 0 Å². The Balaban J connectivity index is 1.19. The molecule has 8 heteroatoms. The van der Waals surface area contributed by atoms with Gasteiger partial charge in [-0.05, 0) is 36.5 Å². The molecule has 1 aromatic carbocycles. The van der Waals surface area contributed by atoms with Crippen LogP contribution in [0, 0.1) is 5.92 Å². The maximum Gasteiger partial charge on any atom is 0.254 e. The molecule has 1 N–H and O–H groups in total. The number of nitrogens with zero attached hydrogens (tertiary/aromatic N) is 5. The van der Waals surface area contributed by atoms with Gasteiger partial charge in [-0.3, -0.25) is 14.7 Å². The molecule has 1 amide bonds. The fraction of sp³-hybridized carbons (Fsp3) is 0.552. The van der Waals surface area contributed by atoms with Gasteiger partial charge in [0.05, 0.1) is 25.3 Å². The highest BCUT2D eigenvalue weighted by molar-refractivity contribution is 5.94. The molecule has 4 heterocycles. The first-order valence-electron chi connectivity index (χ1n) is 13.6. The number of likely N-dealkylation sites (tertiary alicyclic amines) is 1. The summed E-state index contributed by atoms with van der Waals surface area (Å²) in [5.41, 5.74) is 2.89. The maximum atomic E-state index is 13.4. The van der Waals surface area contributed by atoms with Gasteiger partial charge in [-0.15, -0.1) is 0 Å². The van der Waals surface area contributed by atoms with Crippen LogP contribution in [-0.2, 0) is 17.8 Å². The molecule has 0 atom stereocenters. The Morgan fingerprint density at radius 3 is 2.62 bits per heavy atom. The van der Waals surface area contributed by atoms with E-state index in [4.69, 9.17) is 4.74 Å². The van der Waals surface area contributed by atoms with Crippen molar-refractivity contribution in [3.63, 3.8) is 0 Å². The van der Waals surface area contributed by atoms with Gasteiger partial charge >= 0.3 is 0 Å². The Labute approximate surface area is 220 Å². The van der Waals surface area contributed by atoms with Crippen molar-refractivity contribution >= 4 is 11.6 Å². The molecular formula is C29H40N6O2. The molecule has 198 valence electrons. The van der Waals surface area contributed by atoms with Crippen LogP contribution in [0.4, 0.5) is 0 Å². The van der Waals surface area contributed by atoms with E-state index in [1.165, 1.54) is 5.56 Å². The molecule has 0 unspecified atom stereocenters. The Bertz CT molecular complexity index is 1080. The number of ether oxygens (including phenoxy) is 1. The molecular weight excluding hydrogens is 464 g/mol. The van der Waals surface area contributed by atoms with Gasteiger partial charge in [-0.2, -0.15) is 0 Å². The van der Waals surface area contributed by atoms with Gasteiger partial charge < -0.3 is 19.5 Å². The van der Waals surface area contributed by atoms with Crippen molar-refractivity contribution in [2.24, 2.45) is 10.9 Å². The summed E-state index contributed by atoms with van der Waals surface area (Å²) in [6, 6.07) is 8.12. The van der Waals surface area contributed by atoms with E-state index >= 15 is 0 Å². The quantitative estimate of drug-likeness (QED) is 0.563. The number of aliphatic imine (C=N–C) groups is 1. The third-order valence-corrected chi connectivity index (χ3v) is 7.58. The van der Waals surface area contributed by atoms with Crippen LogP contribution in [0.25, 0.3) is 0 Å². The SMILES string of the molecule is CC(C)CN1CCC2(CC1)CN(C(=O)c1ccc(CN(CC3=NC=CC3)Cc3ncc[nH]3)cc1)CCO2. The van der Waals surface area contributed by atoms with Crippen LogP contribution in [0.1, 0.15) is 54.9 Å². The molecule has 5 rings (SSSR count). The molecule has 2 saturated heterocycles. The summed E-state index contributed by atoms with van der Waals surface area (Å²) in [6.07, 6.45) is 10.5. The largest absolute Gasteiger partial charge is 0.371 e. The smallest absolute Gasteiger partial charge is 0.254 e. The predicted molar refractivity (Wildman–Crippen MR) is 145 cm³/mol. The molecule has 3 aliphatic rings. The molecule has 1 spiro atoms. The minimum Gasteiger partial charge on any atom is -0.371 e. The minimum atomic E-state index is -0.189. The van der Waals surface area contributed by atoms with Crippen molar-refractivity contribution in [3.05, 3.63) is 65.9 Å². The van der Waals surface area contributed by atoms with Crippen molar-refractivity contribution in [2.45, 2.75) is 51.8 Å². The fourth-order valence-electron chi connectivity index (χ4n) is 5.70. The molecule has 0 radical (unpaired) electrons. The number of allylic oxidation sites excluding steroid dienone is 1. The monoisotopic (exact) mass is 504 g/mol. The van der Waals surface area contributed by atoms with Crippen molar-refractivity contribution < 1.29 is 9.53 Å². The van der Waals surface area contributed by atoms with Crippen LogP contribution in [0.2, 0.25) is 0 Å². The van der Waals surface area contributed by atoms with Crippen molar-refractivity contribution in [1.82, 2.24) is 24.7 Å². The Morgan fingerprint density at radius 1 is 1.14 bits per heavy atom. The zero-order valence-corrected chi connectivity index (χ0v) is 22.2. The van der Waals surface area contributed by atoms with E-state index in [2.05, 4.69) is 56.8 Å². The molecule has 1 aromatic heterocycles. The highest BCUT2D eigenvalue weighted by Gasteiger charge is 2.41. The lowest BCUT2D eigenvalue weighted by Crippen LogP contribution is -2.58. The van der Waals surface area contributed by atoms with Crippen LogP contribution in [0.15, 0.2) is 53.9 Å². The summed E-state index contributed by atoms with van der Waals surface area (Å²) in [5.74, 6) is 1.72. The number of aromatic amines is 1. The molecule has 2 fully saturated rings. The zero-order valence-electron chi connectivity index (χ0n) is 22.2. The molecule has 37 heavy (non-hydrogen) atoms. The number of carbonyl (C=O) groups excluding carboxylic acids is 1. The van der Waals surface area contributed by atoms with Crippen LogP contribution in [0.3, 0.4) is 0 Å². The summed E-state index contributed by atoms with van der Waals surface area (Å²) in [5, 5.41) is 0. The number of hydrogen-bond acceptors (Lipinski definition) is 6. The van der Waals surface area contributed by atoms with Gasteiger partial charge in [0.1, 0.15) is 5.82 Å². The van der Waals surface area contributed by atoms with Crippen LogP contribution in [-0.4, -0.2) is 87.8 Å². The van der Waals surface area contributed by atoms with Crippen LogP contribution >= 0.6 is 0 Å². The van der Waals surface area contributed by atoms with E-state index in [0.29, 0.717) is 25.6 Å². The average Bonchev–Trinajstić information content (AvgIpc) is 3.60. The topological polar surface area (TPSA) is 77.1 Å². The van der Waals surface area contributed by atoms with E-state index in [1.807, 2.05) is 29.4 Å². The third kappa shape index (κ3) is 6.74. The number of piperidine rings is 1. The normalized spacial score (nSPS) is 19.8. The summed E-state index contributed by atoms with van der Waals surface area (Å²) < 4.78 is 6.29. The number of imidazole rings is 1. The number of benzene rings is 1. The highest BCUT2D eigenvalue weighted by Crippen LogP contribution is 2.31. The van der Waals surface area contributed by atoms with Gasteiger partial charge in [0.2, 0.25) is 0 Å². The number of rotatable bonds is 9. The van der Waals surface area contributed by atoms with Crippen molar-refractivity contribution in [3.8, 4) is 0 Å². The maximum absolute atomic E-state index is 13.4. The summed E-state index contributed by atoms with van der Waals surface area (Å²) in [6.45, 7) is 12.0. The van der Waals surface area contributed by atoms with Gasteiger partial charge in [0.25, 0.3) is 5.91 Å². The summed E-state index contributed by atoms with van der Waals surface area (Å²) in [7, 11) is 0. The molecule has 2 aromatic rings. The van der Waals surface area contributed by atoms with Gasteiger partial charge in [-0.1, -0.05) is 32.1 Å². The number of carbonyl (C=O) groups is 1. The second kappa shape index (κ2) is 11.7. The average molecular weight is 505 g/mol. The van der Waals surface area contributed by atoms with E-state index in [-0.39, 0.29) is 11.5 Å². The lowest BCUT2D eigenvalue weighted by Gasteiger charge is -2.47. The first-order valence-corrected chi connectivity index (χ1v) is 13.6. The minimum absolute atomic E-state index is 0.109. The summed E-state index contributed by atoms with van der Waals surface area (Å²) in [4.78, 5) is 32.4. The molecule has 8 nitrogen and oxygen atoms in total. The number of morpholine rings is 1. The van der Waals surface area contributed by atoms with E-state index in [0.717, 1.165) is 75.6 Å². The summed E-state index contributed by atoms with van der Waals surface area (Å²) >= 11 is 0. The Morgan fingerprint density at radius 2 is 1.95 bits per heavy atom. The standard InChI is InChI=1S/C29H40N6O2/c1-23(2)18-33-14-9-29(10-15-33)22-35(16-17-37-29)28(36)25-7-5-24(6-8-25)19-34(20-26-4-3-11-30-26)21-27-31-12-13-32-27/h3,5-8,11-13,23H,4,9-10,14-22H2,1-2H3,(H,31,32). The number of amides is 1. The Kier molecular flexibility index (Phi) is 8.17. The van der Waals surface area contributed by atoms with E-state index in [1.54, 1.807) is 6.20 Å². The first kappa shape index (κ1) is 25.8. The first-order chi connectivity index (χ1) is 18.0. The number of hydrogen-bond donors (Lipinski definition) is 1. The van der Waals surface area contributed by atoms with Crippen LogP contribution < -0.4 is 0 Å². The van der Waals surface area contributed by atoms with E-state index in [9.17, 15) is 4.79 Å².